The SMILES string of the molecule is CC1(C)O[C@@H]2[C@H](O1)[C@@H]1C[C@]1(C(=O)O)[C@@H]2O[Si](c1ccccc1)(c1ccccc1)C(C)(C)C. The Bertz CT molecular complexity index is 976. The molecule has 5 atom stereocenters. The van der Waals surface area contributed by atoms with Gasteiger partial charge in [-0.1, -0.05) is 81.4 Å². The Morgan fingerprint density at radius 1 is 0.969 bits per heavy atom. The van der Waals surface area contributed by atoms with Crippen LogP contribution in [-0.4, -0.2) is 43.5 Å². The van der Waals surface area contributed by atoms with Crippen LogP contribution in [0.4, 0.5) is 0 Å². The predicted molar refractivity (Wildman–Crippen MR) is 124 cm³/mol. The van der Waals surface area contributed by atoms with Gasteiger partial charge in [-0.2, -0.15) is 0 Å². The van der Waals surface area contributed by atoms with E-state index in [-0.39, 0.29) is 23.2 Å². The van der Waals surface area contributed by atoms with Crippen LogP contribution in [0.15, 0.2) is 60.7 Å². The van der Waals surface area contributed by atoms with Gasteiger partial charge in [0, 0.05) is 5.92 Å². The molecule has 32 heavy (non-hydrogen) atoms. The lowest BCUT2D eigenvalue weighted by molar-refractivity contribution is -0.174. The molecule has 2 aromatic carbocycles. The molecule has 0 unspecified atom stereocenters. The highest BCUT2D eigenvalue weighted by Crippen LogP contribution is 2.69. The largest absolute Gasteiger partial charge is 0.481 e. The molecule has 1 aliphatic heterocycles. The molecule has 5 rings (SSSR count). The third-order valence-electron chi connectivity index (χ3n) is 7.54. The van der Waals surface area contributed by atoms with Crippen LogP contribution in [-0.2, 0) is 18.7 Å². The highest BCUT2D eigenvalue weighted by atomic mass is 28.4. The van der Waals surface area contributed by atoms with Crippen LogP contribution < -0.4 is 10.4 Å². The van der Waals surface area contributed by atoms with Crippen molar-refractivity contribution in [1.82, 2.24) is 0 Å². The normalized spacial score (nSPS) is 32.9. The van der Waals surface area contributed by atoms with Gasteiger partial charge in [-0.15, -0.1) is 0 Å². The number of hydrogen-bond acceptors (Lipinski definition) is 4. The van der Waals surface area contributed by atoms with Crippen LogP contribution in [0.1, 0.15) is 41.0 Å². The minimum atomic E-state index is -2.93. The number of carboxylic acid groups (broad SMARTS) is 1. The lowest BCUT2D eigenvalue weighted by Crippen LogP contribution is -2.69. The van der Waals surface area contributed by atoms with E-state index < -0.39 is 31.6 Å². The monoisotopic (exact) mass is 452 g/mol. The summed E-state index contributed by atoms with van der Waals surface area (Å²) < 4.78 is 19.8. The second kappa shape index (κ2) is 7.00. The number of aliphatic carboxylic acids is 1. The van der Waals surface area contributed by atoms with Crippen molar-refractivity contribution in [1.29, 1.82) is 0 Å². The number of hydrogen-bond donors (Lipinski definition) is 1. The smallest absolute Gasteiger partial charge is 0.312 e. The number of benzene rings is 2. The van der Waals surface area contributed by atoms with Crippen molar-refractivity contribution in [3.63, 3.8) is 0 Å². The molecule has 2 saturated carbocycles. The van der Waals surface area contributed by atoms with Crippen molar-refractivity contribution in [2.75, 3.05) is 0 Å². The van der Waals surface area contributed by atoms with Gasteiger partial charge < -0.3 is 19.0 Å². The highest BCUT2D eigenvalue weighted by Gasteiger charge is 2.80. The molecule has 0 radical (unpaired) electrons. The zero-order chi connectivity index (χ0) is 22.9. The number of carbonyl (C=O) groups is 1. The van der Waals surface area contributed by atoms with Crippen LogP contribution >= 0.6 is 0 Å². The van der Waals surface area contributed by atoms with E-state index in [0.29, 0.717) is 6.42 Å². The minimum Gasteiger partial charge on any atom is -0.481 e. The molecule has 2 aliphatic carbocycles. The molecule has 3 aliphatic rings. The second-order valence-corrected chi connectivity index (χ2v) is 15.2. The summed E-state index contributed by atoms with van der Waals surface area (Å²) in [5.41, 5.74) is -0.946. The van der Waals surface area contributed by atoms with E-state index in [1.165, 1.54) is 0 Å². The summed E-state index contributed by atoms with van der Waals surface area (Å²) in [5.74, 6) is -1.62. The van der Waals surface area contributed by atoms with Gasteiger partial charge in [-0.05, 0) is 35.7 Å². The first-order valence-electron chi connectivity index (χ1n) is 11.4. The van der Waals surface area contributed by atoms with Crippen molar-refractivity contribution >= 4 is 24.7 Å². The van der Waals surface area contributed by atoms with Gasteiger partial charge in [0.2, 0.25) is 0 Å². The van der Waals surface area contributed by atoms with Gasteiger partial charge in [-0.25, -0.2) is 0 Å². The Hall–Kier alpha value is -1.99. The van der Waals surface area contributed by atoms with E-state index in [4.69, 9.17) is 13.9 Å². The Morgan fingerprint density at radius 2 is 1.47 bits per heavy atom. The average Bonchev–Trinajstić information content (AvgIpc) is 3.34. The average molecular weight is 453 g/mol. The fourth-order valence-corrected chi connectivity index (χ4v) is 10.9. The topological polar surface area (TPSA) is 65.0 Å². The molecule has 1 heterocycles. The molecule has 0 aromatic heterocycles. The quantitative estimate of drug-likeness (QED) is 0.703. The van der Waals surface area contributed by atoms with Gasteiger partial charge in [0.1, 0.15) is 11.5 Å². The predicted octanol–water partition coefficient (Wildman–Crippen LogP) is 3.56. The second-order valence-electron chi connectivity index (χ2n) is 10.9. The molecule has 0 bridgehead atoms. The van der Waals surface area contributed by atoms with E-state index in [1.807, 2.05) is 50.2 Å². The van der Waals surface area contributed by atoms with Gasteiger partial charge in [0.05, 0.1) is 12.2 Å². The van der Waals surface area contributed by atoms with Crippen molar-refractivity contribution in [2.45, 2.75) is 70.2 Å². The van der Waals surface area contributed by atoms with Crippen LogP contribution in [0.5, 0.6) is 0 Å². The molecule has 0 spiro atoms. The van der Waals surface area contributed by atoms with Crippen LogP contribution in [0.25, 0.3) is 0 Å². The molecule has 2 aromatic rings. The fourth-order valence-electron chi connectivity index (χ4n) is 6.12. The first-order valence-corrected chi connectivity index (χ1v) is 13.3. The Labute approximate surface area is 190 Å². The van der Waals surface area contributed by atoms with Crippen LogP contribution in [0.3, 0.4) is 0 Å². The van der Waals surface area contributed by atoms with Gasteiger partial charge in [-0.3, -0.25) is 4.79 Å². The summed E-state index contributed by atoms with van der Waals surface area (Å²) in [5, 5.41) is 12.4. The molecule has 1 saturated heterocycles. The van der Waals surface area contributed by atoms with Gasteiger partial charge in [0.15, 0.2) is 5.79 Å². The number of carboxylic acids is 1. The Balaban J connectivity index is 1.69. The maximum Gasteiger partial charge on any atom is 0.312 e. The van der Waals surface area contributed by atoms with E-state index in [2.05, 4.69) is 45.0 Å². The van der Waals surface area contributed by atoms with Gasteiger partial charge >= 0.3 is 5.97 Å². The lowest BCUT2D eigenvalue weighted by atomic mass is 10.00. The summed E-state index contributed by atoms with van der Waals surface area (Å²) in [4.78, 5) is 12.6. The van der Waals surface area contributed by atoms with E-state index in [9.17, 15) is 9.90 Å². The van der Waals surface area contributed by atoms with Crippen LogP contribution in [0, 0.1) is 11.3 Å². The highest BCUT2D eigenvalue weighted by molar-refractivity contribution is 6.99. The third kappa shape index (κ3) is 2.96. The maximum atomic E-state index is 12.6. The summed E-state index contributed by atoms with van der Waals surface area (Å²) in [7, 11) is -2.93. The van der Waals surface area contributed by atoms with Crippen molar-refractivity contribution < 1.29 is 23.8 Å². The molecule has 3 fully saturated rings. The fraction of sp³-hybridized carbons (Fsp3) is 0.500. The first-order chi connectivity index (χ1) is 15.0. The van der Waals surface area contributed by atoms with Crippen molar-refractivity contribution in [2.24, 2.45) is 11.3 Å². The van der Waals surface area contributed by atoms with Crippen molar-refractivity contribution in [3.05, 3.63) is 60.7 Å². The van der Waals surface area contributed by atoms with E-state index >= 15 is 0 Å². The first kappa shape index (κ1) is 21.8. The zero-order valence-corrected chi connectivity index (χ0v) is 20.4. The Morgan fingerprint density at radius 3 is 1.94 bits per heavy atom. The number of rotatable bonds is 5. The summed E-state index contributed by atoms with van der Waals surface area (Å²) in [6.07, 6.45) is -0.625. The molecule has 5 nitrogen and oxygen atoms in total. The Kier molecular flexibility index (Phi) is 4.78. The molecule has 1 N–H and O–H groups in total. The lowest BCUT2D eigenvalue weighted by Gasteiger charge is -2.46. The van der Waals surface area contributed by atoms with Gasteiger partial charge in [0.25, 0.3) is 8.32 Å². The van der Waals surface area contributed by atoms with E-state index in [0.717, 1.165) is 10.4 Å². The summed E-state index contributed by atoms with van der Waals surface area (Å²) in [6, 6.07) is 20.7. The standard InChI is InChI=1S/C26H32O5Si/c1-24(2,3)32(17-12-8-6-9-13-17,18-14-10-7-11-15-18)31-22-21-20(29-25(4,5)30-21)19-16-26(19,22)23(27)28/h6-15,19-22H,16H2,1-5H3,(H,27,28)/t19-,20+,21+,22+,26+/m0/s1. The van der Waals surface area contributed by atoms with Crippen LogP contribution in [0.2, 0.25) is 5.04 Å². The number of ether oxygens (including phenoxy) is 2. The van der Waals surface area contributed by atoms with Crippen molar-refractivity contribution in [3.8, 4) is 0 Å². The summed E-state index contributed by atoms with van der Waals surface area (Å²) in [6.45, 7) is 10.4. The molecular weight excluding hydrogens is 420 g/mol. The number of fused-ring (bicyclic) bond motifs is 3. The maximum absolute atomic E-state index is 12.6. The third-order valence-corrected chi connectivity index (χ3v) is 12.6. The summed E-state index contributed by atoms with van der Waals surface area (Å²) >= 11 is 0. The molecule has 0 amide bonds. The van der Waals surface area contributed by atoms with E-state index in [1.54, 1.807) is 0 Å². The zero-order valence-electron chi connectivity index (χ0n) is 19.4. The molecular formula is C26H32O5Si. The molecule has 6 heteroatoms. The molecule has 170 valence electrons. The minimum absolute atomic E-state index is 0.0741.